The summed E-state index contributed by atoms with van der Waals surface area (Å²) in [5.74, 6) is -0.660. The molecular formula is C11H13BrO4. The minimum Gasteiger partial charge on any atom is -0.479 e. The van der Waals surface area contributed by atoms with Gasteiger partial charge in [0.05, 0.1) is 6.10 Å². The van der Waals surface area contributed by atoms with Crippen LogP contribution in [0.3, 0.4) is 0 Å². The predicted octanol–water partition coefficient (Wildman–Crippen LogP) is 2.35. The highest BCUT2D eigenvalue weighted by molar-refractivity contribution is 9.10. The summed E-state index contributed by atoms with van der Waals surface area (Å²) in [6, 6.07) is 5.07. The monoisotopic (exact) mass is 288 g/mol. The highest BCUT2D eigenvalue weighted by Crippen LogP contribution is 2.29. The molecule has 0 radical (unpaired) electrons. The van der Waals surface area contributed by atoms with E-state index in [1.807, 2.05) is 0 Å². The fraction of sp³-hybridized carbons (Fsp3) is 0.364. The minimum absolute atomic E-state index is 0.383. The van der Waals surface area contributed by atoms with Gasteiger partial charge in [-0.15, -0.1) is 0 Å². The van der Waals surface area contributed by atoms with Crippen LogP contribution in [0.25, 0.3) is 0 Å². The Morgan fingerprint density at radius 2 is 2.06 bits per heavy atom. The first-order valence-corrected chi connectivity index (χ1v) is 5.58. The summed E-state index contributed by atoms with van der Waals surface area (Å²) < 4.78 is 6.05. The maximum absolute atomic E-state index is 10.7. The zero-order valence-electron chi connectivity index (χ0n) is 8.98. The van der Waals surface area contributed by atoms with E-state index in [0.29, 0.717) is 11.3 Å². The summed E-state index contributed by atoms with van der Waals surface area (Å²) >= 11 is 3.28. The van der Waals surface area contributed by atoms with Crippen molar-refractivity contribution in [2.75, 3.05) is 0 Å². The molecule has 5 heteroatoms. The molecule has 2 N–H and O–H groups in total. The molecule has 1 aromatic carbocycles. The number of benzene rings is 1. The summed E-state index contributed by atoms with van der Waals surface area (Å²) in [6.45, 7) is 3.04. The highest BCUT2D eigenvalue weighted by Gasteiger charge is 2.16. The SMILES string of the molecule is CC(Oc1ccc(Br)cc1[C@@H](C)O)C(=O)O. The van der Waals surface area contributed by atoms with Crippen LogP contribution in [-0.2, 0) is 4.79 Å². The molecule has 0 amide bonds. The Hall–Kier alpha value is -1.07. The number of halogens is 1. The molecule has 0 heterocycles. The number of hydrogen-bond donors (Lipinski definition) is 2. The summed E-state index contributed by atoms with van der Waals surface area (Å²) in [5, 5.41) is 18.3. The third kappa shape index (κ3) is 3.21. The van der Waals surface area contributed by atoms with Gasteiger partial charge < -0.3 is 14.9 Å². The molecule has 88 valence electrons. The van der Waals surface area contributed by atoms with E-state index < -0.39 is 18.2 Å². The van der Waals surface area contributed by atoms with E-state index in [2.05, 4.69) is 15.9 Å². The summed E-state index contributed by atoms with van der Waals surface area (Å²) in [7, 11) is 0. The summed E-state index contributed by atoms with van der Waals surface area (Å²) in [4.78, 5) is 10.7. The third-order valence-electron chi connectivity index (χ3n) is 2.07. The number of carboxylic acids is 1. The summed E-state index contributed by atoms with van der Waals surface area (Å²) in [6.07, 6.45) is -1.66. The fourth-order valence-electron chi connectivity index (χ4n) is 1.19. The number of aliphatic hydroxyl groups excluding tert-OH is 1. The van der Waals surface area contributed by atoms with E-state index in [4.69, 9.17) is 9.84 Å². The van der Waals surface area contributed by atoms with Crippen molar-refractivity contribution in [3.63, 3.8) is 0 Å². The predicted molar refractivity (Wildman–Crippen MR) is 62.5 cm³/mol. The molecule has 0 aromatic heterocycles. The minimum atomic E-state index is -1.04. The lowest BCUT2D eigenvalue weighted by molar-refractivity contribution is -0.144. The van der Waals surface area contributed by atoms with Crippen LogP contribution >= 0.6 is 15.9 Å². The molecule has 0 bridgehead atoms. The first kappa shape index (κ1) is 13.0. The van der Waals surface area contributed by atoms with Crippen LogP contribution in [0.2, 0.25) is 0 Å². The van der Waals surface area contributed by atoms with Gasteiger partial charge >= 0.3 is 5.97 Å². The van der Waals surface area contributed by atoms with Gasteiger partial charge in [-0.25, -0.2) is 4.79 Å². The standard InChI is InChI=1S/C11H13BrO4/c1-6(13)9-5-8(12)3-4-10(9)16-7(2)11(14)15/h3-7,13H,1-2H3,(H,14,15)/t6-,7?/m1/s1. The molecule has 1 aromatic rings. The number of carboxylic acid groups (broad SMARTS) is 1. The second-order valence-corrected chi connectivity index (χ2v) is 4.37. The molecule has 0 saturated carbocycles. The van der Waals surface area contributed by atoms with E-state index in [1.165, 1.54) is 6.92 Å². The maximum Gasteiger partial charge on any atom is 0.344 e. The average Bonchev–Trinajstić information content (AvgIpc) is 2.20. The fourth-order valence-corrected chi connectivity index (χ4v) is 1.57. The van der Waals surface area contributed by atoms with Gasteiger partial charge in [0.15, 0.2) is 6.10 Å². The lowest BCUT2D eigenvalue weighted by Crippen LogP contribution is -2.23. The van der Waals surface area contributed by atoms with E-state index >= 15 is 0 Å². The molecule has 1 rings (SSSR count). The van der Waals surface area contributed by atoms with Crippen molar-refractivity contribution < 1.29 is 19.7 Å². The molecule has 0 aliphatic carbocycles. The zero-order chi connectivity index (χ0) is 12.3. The maximum atomic E-state index is 10.7. The third-order valence-corrected chi connectivity index (χ3v) is 2.57. The Bertz CT molecular complexity index is 390. The molecule has 16 heavy (non-hydrogen) atoms. The van der Waals surface area contributed by atoms with Gasteiger partial charge in [0.2, 0.25) is 0 Å². The van der Waals surface area contributed by atoms with E-state index in [0.717, 1.165) is 4.47 Å². The number of hydrogen-bond acceptors (Lipinski definition) is 3. The first-order valence-electron chi connectivity index (χ1n) is 4.78. The normalized spacial score (nSPS) is 14.2. The lowest BCUT2D eigenvalue weighted by Gasteiger charge is -2.16. The van der Waals surface area contributed by atoms with E-state index in [1.54, 1.807) is 25.1 Å². The lowest BCUT2D eigenvalue weighted by atomic mass is 10.1. The number of carbonyl (C=O) groups is 1. The largest absolute Gasteiger partial charge is 0.479 e. The molecule has 0 aliphatic heterocycles. The molecule has 0 spiro atoms. The first-order chi connectivity index (χ1) is 7.41. The topological polar surface area (TPSA) is 66.8 Å². The van der Waals surface area contributed by atoms with Gasteiger partial charge in [-0.2, -0.15) is 0 Å². The molecule has 0 aliphatic rings. The molecule has 0 fully saturated rings. The molecule has 1 unspecified atom stereocenters. The molecule has 4 nitrogen and oxygen atoms in total. The van der Waals surface area contributed by atoms with Crippen molar-refractivity contribution in [2.45, 2.75) is 26.1 Å². The average molecular weight is 289 g/mol. The Kier molecular flexibility index (Phi) is 4.32. The van der Waals surface area contributed by atoms with Crippen LogP contribution in [0.15, 0.2) is 22.7 Å². The van der Waals surface area contributed by atoms with E-state index in [-0.39, 0.29) is 0 Å². The van der Waals surface area contributed by atoms with Crippen LogP contribution in [0, 0.1) is 0 Å². The van der Waals surface area contributed by atoms with Crippen molar-refractivity contribution in [2.24, 2.45) is 0 Å². The van der Waals surface area contributed by atoms with Gasteiger partial charge in [0.25, 0.3) is 0 Å². The van der Waals surface area contributed by atoms with Crippen LogP contribution in [0.4, 0.5) is 0 Å². The number of ether oxygens (including phenoxy) is 1. The van der Waals surface area contributed by atoms with Gasteiger partial charge in [-0.3, -0.25) is 0 Å². The van der Waals surface area contributed by atoms with Gasteiger partial charge in [-0.05, 0) is 32.0 Å². The van der Waals surface area contributed by atoms with Gasteiger partial charge in [0, 0.05) is 10.0 Å². The number of aliphatic carboxylic acids is 1. The molecular weight excluding hydrogens is 276 g/mol. The smallest absolute Gasteiger partial charge is 0.344 e. The molecule has 2 atom stereocenters. The Labute approximate surface area is 102 Å². The van der Waals surface area contributed by atoms with E-state index in [9.17, 15) is 9.90 Å². The van der Waals surface area contributed by atoms with Crippen molar-refractivity contribution in [3.05, 3.63) is 28.2 Å². The highest BCUT2D eigenvalue weighted by atomic mass is 79.9. The Balaban J connectivity index is 2.99. The Morgan fingerprint density at radius 3 is 2.56 bits per heavy atom. The van der Waals surface area contributed by atoms with Crippen molar-refractivity contribution in [3.8, 4) is 5.75 Å². The van der Waals surface area contributed by atoms with Crippen molar-refractivity contribution >= 4 is 21.9 Å². The number of aliphatic hydroxyl groups is 1. The quantitative estimate of drug-likeness (QED) is 0.893. The molecule has 0 saturated heterocycles. The van der Waals surface area contributed by atoms with Gasteiger partial charge in [-0.1, -0.05) is 15.9 Å². The van der Waals surface area contributed by atoms with Crippen molar-refractivity contribution in [1.82, 2.24) is 0 Å². The van der Waals surface area contributed by atoms with Crippen LogP contribution in [0.1, 0.15) is 25.5 Å². The van der Waals surface area contributed by atoms with Crippen LogP contribution in [0.5, 0.6) is 5.75 Å². The zero-order valence-corrected chi connectivity index (χ0v) is 10.6. The second kappa shape index (κ2) is 5.32. The van der Waals surface area contributed by atoms with Crippen LogP contribution < -0.4 is 4.74 Å². The van der Waals surface area contributed by atoms with Gasteiger partial charge in [0.1, 0.15) is 5.75 Å². The van der Waals surface area contributed by atoms with Crippen molar-refractivity contribution in [1.29, 1.82) is 0 Å². The number of rotatable bonds is 4. The summed E-state index contributed by atoms with van der Waals surface area (Å²) in [5.41, 5.74) is 0.558. The second-order valence-electron chi connectivity index (χ2n) is 3.46. The Morgan fingerprint density at radius 1 is 1.44 bits per heavy atom. The van der Waals surface area contributed by atoms with Crippen LogP contribution in [-0.4, -0.2) is 22.3 Å².